The number of carbonyl (C=O) groups is 1. The fraction of sp³-hybridized carbons (Fsp3) is 0.938. The lowest BCUT2D eigenvalue weighted by atomic mass is 10.3. The predicted octanol–water partition coefficient (Wildman–Crippen LogP) is 1.06. The van der Waals surface area contributed by atoms with Crippen molar-refractivity contribution in [3.05, 3.63) is 0 Å². The first-order valence-corrected chi connectivity index (χ1v) is 8.28. The molecule has 0 aliphatic carbocycles. The molecular weight excluding hydrogens is 264 g/mol. The second-order valence-corrected chi connectivity index (χ2v) is 6.00. The molecule has 0 atom stereocenters. The maximum Gasteiger partial charge on any atom is 0.209 e. The molecule has 1 amide bonds. The van der Waals surface area contributed by atoms with Crippen LogP contribution in [0.2, 0.25) is 0 Å². The Balaban J connectivity index is 0.000000690. The van der Waals surface area contributed by atoms with Gasteiger partial charge in [0, 0.05) is 40.3 Å². The average molecular weight is 300 g/mol. The van der Waals surface area contributed by atoms with Gasteiger partial charge in [0.05, 0.1) is 0 Å². The molecule has 0 radical (unpaired) electrons. The van der Waals surface area contributed by atoms with E-state index in [1.165, 1.54) is 70.1 Å². The van der Waals surface area contributed by atoms with Gasteiger partial charge in [-0.2, -0.15) is 0 Å². The zero-order chi connectivity index (χ0) is 16.1. The number of carbonyl (C=O) groups excluding carboxylic acids is 1. The highest BCUT2D eigenvalue weighted by atomic mass is 16.1. The van der Waals surface area contributed by atoms with E-state index in [4.69, 9.17) is 0 Å². The quantitative estimate of drug-likeness (QED) is 0.627. The Morgan fingerprint density at radius 2 is 1.62 bits per heavy atom. The number of piperazine rings is 1. The van der Waals surface area contributed by atoms with Crippen LogP contribution >= 0.6 is 0 Å². The molecule has 0 unspecified atom stereocenters. The lowest BCUT2D eigenvalue weighted by molar-refractivity contribution is -0.115. The van der Waals surface area contributed by atoms with E-state index >= 15 is 0 Å². The molecule has 0 bridgehead atoms. The zero-order valence-electron chi connectivity index (χ0n) is 14.8. The summed E-state index contributed by atoms with van der Waals surface area (Å²) in [5, 5.41) is 0. The van der Waals surface area contributed by atoms with Crippen molar-refractivity contribution in [3.63, 3.8) is 0 Å². The summed E-state index contributed by atoms with van der Waals surface area (Å²) >= 11 is 0. The van der Waals surface area contributed by atoms with Crippen LogP contribution in [0.25, 0.3) is 0 Å². The summed E-state index contributed by atoms with van der Waals surface area (Å²) in [5.74, 6) is 0. The smallest absolute Gasteiger partial charge is 0.209 e. The summed E-state index contributed by atoms with van der Waals surface area (Å²) in [7, 11) is 5.59. The van der Waals surface area contributed by atoms with Crippen LogP contribution < -0.4 is 0 Å². The van der Waals surface area contributed by atoms with Crippen LogP contribution in [0.3, 0.4) is 0 Å². The van der Waals surface area contributed by atoms with Gasteiger partial charge in [0.2, 0.25) is 6.41 Å². The van der Waals surface area contributed by atoms with Crippen molar-refractivity contribution in [1.82, 2.24) is 19.6 Å². The lowest BCUT2D eigenvalue weighted by Gasteiger charge is -2.32. The van der Waals surface area contributed by atoms with Gasteiger partial charge in [0.1, 0.15) is 0 Å². The highest BCUT2D eigenvalue weighted by Crippen LogP contribution is 2.01. The van der Waals surface area contributed by atoms with E-state index < -0.39 is 0 Å². The van der Waals surface area contributed by atoms with Crippen LogP contribution in [-0.2, 0) is 4.79 Å². The number of hydrogen-bond acceptors (Lipinski definition) is 4. The van der Waals surface area contributed by atoms with Crippen molar-refractivity contribution in [2.24, 2.45) is 0 Å². The van der Waals surface area contributed by atoms with Crippen LogP contribution in [-0.4, -0.2) is 99.5 Å². The van der Waals surface area contributed by atoms with Gasteiger partial charge in [-0.3, -0.25) is 4.79 Å². The van der Waals surface area contributed by atoms with E-state index in [2.05, 4.69) is 35.6 Å². The van der Waals surface area contributed by atoms with Crippen molar-refractivity contribution >= 4 is 6.41 Å². The summed E-state index contributed by atoms with van der Waals surface area (Å²) in [5.41, 5.74) is 0. The molecule has 126 valence electrons. The lowest BCUT2D eigenvalue weighted by Crippen LogP contribution is -2.45. The Morgan fingerprint density at radius 3 is 2.05 bits per heavy atom. The third-order valence-electron chi connectivity index (χ3n) is 3.74. The number of likely N-dealkylation sites (N-methyl/N-ethyl adjacent to an activating group) is 1. The second-order valence-electron chi connectivity index (χ2n) is 6.00. The molecule has 1 saturated heterocycles. The van der Waals surface area contributed by atoms with Gasteiger partial charge in [-0.15, -0.1) is 0 Å². The largest absolute Gasteiger partial charge is 0.351 e. The van der Waals surface area contributed by atoms with Gasteiger partial charge >= 0.3 is 0 Å². The molecular formula is C16H36N4O. The Hall–Kier alpha value is -0.650. The van der Waals surface area contributed by atoms with Crippen molar-refractivity contribution in [1.29, 1.82) is 0 Å². The van der Waals surface area contributed by atoms with Crippen LogP contribution in [0, 0.1) is 0 Å². The zero-order valence-corrected chi connectivity index (χ0v) is 14.8. The van der Waals surface area contributed by atoms with Crippen molar-refractivity contribution in [2.75, 3.05) is 73.5 Å². The predicted molar refractivity (Wildman–Crippen MR) is 90.7 cm³/mol. The monoisotopic (exact) mass is 300 g/mol. The Bertz CT molecular complexity index is 240. The van der Waals surface area contributed by atoms with E-state index in [1.54, 1.807) is 14.1 Å². The van der Waals surface area contributed by atoms with E-state index in [-0.39, 0.29) is 0 Å². The van der Waals surface area contributed by atoms with Crippen LogP contribution in [0.15, 0.2) is 0 Å². The Kier molecular flexibility index (Phi) is 12.6. The fourth-order valence-corrected chi connectivity index (χ4v) is 2.33. The highest BCUT2D eigenvalue weighted by molar-refractivity contribution is 5.45. The van der Waals surface area contributed by atoms with Gasteiger partial charge in [-0.05, 0) is 46.1 Å². The van der Waals surface area contributed by atoms with E-state index in [9.17, 15) is 4.79 Å². The van der Waals surface area contributed by atoms with E-state index in [1.807, 2.05) is 0 Å². The van der Waals surface area contributed by atoms with Crippen LogP contribution in [0.4, 0.5) is 0 Å². The number of amides is 1. The second kappa shape index (κ2) is 13.0. The summed E-state index contributed by atoms with van der Waals surface area (Å²) in [6.45, 7) is 14.6. The fourth-order valence-electron chi connectivity index (χ4n) is 2.33. The number of nitrogens with zero attached hydrogens (tertiary/aromatic N) is 4. The average Bonchev–Trinajstić information content (AvgIpc) is 2.49. The topological polar surface area (TPSA) is 30.0 Å². The van der Waals surface area contributed by atoms with Crippen LogP contribution in [0.5, 0.6) is 0 Å². The van der Waals surface area contributed by atoms with Gasteiger partial charge in [-0.25, -0.2) is 0 Å². The maximum atomic E-state index is 9.43. The summed E-state index contributed by atoms with van der Waals surface area (Å²) in [6, 6.07) is 0. The maximum absolute atomic E-state index is 9.43. The first kappa shape index (κ1) is 20.3. The molecule has 0 aromatic rings. The third-order valence-corrected chi connectivity index (χ3v) is 3.74. The van der Waals surface area contributed by atoms with E-state index in [0.29, 0.717) is 0 Å². The molecule has 1 aliphatic heterocycles. The summed E-state index contributed by atoms with van der Waals surface area (Å²) in [4.78, 5) is 18.5. The summed E-state index contributed by atoms with van der Waals surface area (Å²) in [6.07, 6.45) is 3.36. The molecule has 1 fully saturated rings. The van der Waals surface area contributed by atoms with Crippen molar-refractivity contribution in [3.8, 4) is 0 Å². The molecule has 0 saturated carbocycles. The molecule has 21 heavy (non-hydrogen) atoms. The number of rotatable bonds is 8. The molecule has 0 aromatic carbocycles. The molecule has 1 heterocycles. The highest BCUT2D eigenvalue weighted by Gasteiger charge is 2.13. The number of hydrogen-bond donors (Lipinski definition) is 0. The van der Waals surface area contributed by atoms with Crippen molar-refractivity contribution < 1.29 is 4.79 Å². The first-order valence-electron chi connectivity index (χ1n) is 8.28. The first-order chi connectivity index (χ1) is 10.0. The SMILES string of the molecule is CCCN(CC)CCCN1CCN(C)CC1.CN(C)C=O. The van der Waals surface area contributed by atoms with Gasteiger partial charge in [-0.1, -0.05) is 13.8 Å². The Morgan fingerprint density at radius 1 is 1.05 bits per heavy atom. The normalized spacial score (nSPS) is 16.5. The minimum absolute atomic E-state index is 0.750. The molecule has 1 aliphatic rings. The standard InChI is InChI=1S/C13H29N3.C3H7NO/c1-4-7-15(5-2)8-6-9-16-12-10-14(3)11-13-16;1-4(2)3-5/h4-13H2,1-3H3;3H,1-2H3. The molecule has 0 spiro atoms. The molecule has 5 nitrogen and oxygen atoms in total. The van der Waals surface area contributed by atoms with Gasteiger partial charge in [0.25, 0.3) is 0 Å². The molecule has 5 heteroatoms. The third kappa shape index (κ3) is 11.7. The molecule has 0 aromatic heterocycles. The van der Waals surface area contributed by atoms with Crippen molar-refractivity contribution in [2.45, 2.75) is 26.7 Å². The van der Waals surface area contributed by atoms with Gasteiger partial charge in [0.15, 0.2) is 0 Å². The van der Waals surface area contributed by atoms with Gasteiger partial charge < -0.3 is 19.6 Å². The minimum Gasteiger partial charge on any atom is -0.351 e. The molecule has 0 N–H and O–H groups in total. The van der Waals surface area contributed by atoms with E-state index in [0.717, 1.165) is 6.41 Å². The molecule has 1 rings (SSSR count). The summed E-state index contributed by atoms with van der Waals surface area (Å²) < 4.78 is 0. The minimum atomic E-state index is 0.750. The van der Waals surface area contributed by atoms with Crippen LogP contribution in [0.1, 0.15) is 26.7 Å². The Labute approximate surface area is 131 Å².